The second-order valence-corrected chi connectivity index (χ2v) is 6.02. The Bertz CT molecular complexity index is 499. The number of fused-ring (bicyclic) bond motifs is 1. The predicted octanol–water partition coefficient (Wildman–Crippen LogP) is 3.18. The Morgan fingerprint density at radius 3 is 2.72 bits per heavy atom. The third kappa shape index (κ3) is 2.19. The van der Waals surface area contributed by atoms with Crippen molar-refractivity contribution in [1.29, 1.82) is 0 Å². The topological polar surface area (TPSA) is 61.6 Å². The van der Waals surface area contributed by atoms with Crippen LogP contribution in [0.1, 0.15) is 31.1 Å². The monoisotopic (exact) mass is 313 g/mol. The second kappa shape index (κ2) is 4.46. The summed E-state index contributed by atoms with van der Waals surface area (Å²) in [5.41, 5.74) is 7.11. The second-order valence-electron chi connectivity index (χ2n) is 5.17. The van der Waals surface area contributed by atoms with Gasteiger partial charge in [-0.15, -0.1) is 0 Å². The van der Waals surface area contributed by atoms with Crippen molar-refractivity contribution < 1.29 is 14.3 Å². The molecule has 0 radical (unpaired) electrons. The molecule has 0 bridgehead atoms. The molecular weight excluding hydrogens is 298 g/mol. The SMILES string of the molecule is COc1cc2c(cc1Br)CC(C)(C)C2OC(N)=O. The molecule has 0 aromatic heterocycles. The molecule has 0 spiro atoms. The van der Waals surface area contributed by atoms with Gasteiger partial charge in [0.15, 0.2) is 0 Å². The first-order chi connectivity index (χ1) is 8.35. The maximum Gasteiger partial charge on any atom is 0.405 e. The van der Waals surface area contributed by atoms with Gasteiger partial charge in [0.25, 0.3) is 0 Å². The van der Waals surface area contributed by atoms with Gasteiger partial charge in [-0.3, -0.25) is 0 Å². The minimum absolute atomic E-state index is 0.164. The lowest BCUT2D eigenvalue weighted by Gasteiger charge is -2.26. The van der Waals surface area contributed by atoms with E-state index in [9.17, 15) is 4.79 Å². The third-order valence-corrected chi connectivity index (χ3v) is 3.91. The number of amides is 1. The highest BCUT2D eigenvalue weighted by atomic mass is 79.9. The summed E-state index contributed by atoms with van der Waals surface area (Å²) in [6.07, 6.45) is -0.238. The molecule has 1 aromatic rings. The smallest absolute Gasteiger partial charge is 0.405 e. The molecule has 4 nitrogen and oxygen atoms in total. The van der Waals surface area contributed by atoms with Gasteiger partial charge in [0, 0.05) is 11.0 Å². The molecule has 0 heterocycles. The molecule has 1 aliphatic carbocycles. The highest BCUT2D eigenvalue weighted by molar-refractivity contribution is 9.10. The number of rotatable bonds is 2. The number of hydrogen-bond acceptors (Lipinski definition) is 3. The van der Waals surface area contributed by atoms with Gasteiger partial charge in [0.1, 0.15) is 11.9 Å². The van der Waals surface area contributed by atoms with Crippen LogP contribution in [0.2, 0.25) is 0 Å². The van der Waals surface area contributed by atoms with Crippen LogP contribution in [0.25, 0.3) is 0 Å². The fourth-order valence-corrected chi connectivity index (χ4v) is 3.06. The quantitative estimate of drug-likeness (QED) is 0.912. The minimum atomic E-state index is -0.747. The lowest BCUT2D eigenvalue weighted by molar-refractivity contribution is 0.0391. The first-order valence-electron chi connectivity index (χ1n) is 5.67. The number of hydrogen-bond donors (Lipinski definition) is 1. The molecule has 1 amide bonds. The van der Waals surface area contributed by atoms with Gasteiger partial charge in [-0.1, -0.05) is 13.8 Å². The zero-order chi connectivity index (χ0) is 13.5. The summed E-state index contributed by atoms with van der Waals surface area (Å²) in [7, 11) is 1.61. The largest absolute Gasteiger partial charge is 0.496 e. The molecule has 2 rings (SSSR count). The van der Waals surface area contributed by atoms with Crippen LogP contribution >= 0.6 is 15.9 Å². The van der Waals surface area contributed by atoms with Crippen LogP contribution in [0.4, 0.5) is 4.79 Å². The summed E-state index contributed by atoms with van der Waals surface area (Å²) >= 11 is 3.46. The minimum Gasteiger partial charge on any atom is -0.496 e. The van der Waals surface area contributed by atoms with Crippen molar-refractivity contribution >= 4 is 22.0 Å². The van der Waals surface area contributed by atoms with Crippen molar-refractivity contribution in [3.63, 3.8) is 0 Å². The Morgan fingerprint density at radius 1 is 1.50 bits per heavy atom. The molecule has 98 valence electrons. The van der Waals surface area contributed by atoms with Gasteiger partial charge in [0.2, 0.25) is 0 Å². The summed E-state index contributed by atoms with van der Waals surface area (Å²) in [6.45, 7) is 4.11. The normalized spacial score (nSPS) is 20.3. The molecule has 1 atom stereocenters. The average Bonchev–Trinajstić information content (AvgIpc) is 2.48. The summed E-state index contributed by atoms with van der Waals surface area (Å²) in [4.78, 5) is 11.0. The van der Waals surface area contributed by atoms with Crippen LogP contribution in [-0.2, 0) is 11.2 Å². The van der Waals surface area contributed by atoms with E-state index in [1.165, 1.54) is 0 Å². The van der Waals surface area contributed by atoms with Crippen molar-refractivity contribution in [3.8, 4) is 5.75 Å². The summed E-state index contributed by atoms with van der Waals surface area (Å²) < 4.78 is 11.4. The van der Waals surface area contributed by atoms with Crippen LogP contribution < -0.4 is 10.5 Å². The zero-order valence-electron chi connectivity index (χ0n) is 10.6. The van der Waals surface area contributed by atoms with Gasteiger partial charge in [0.05, 0.1) is 11.6 Å². The molecule has 1 aromatic carbocycles. The number of carbonyl (C=O) groups is 1. The molecule has 0 saturated carbocycles. The van der Waals surface area contributed by atoms with Gasteiger partial charge in [-0.2, -0.15) is 0 Å². The third-order valence-electron chi connectivity index (χ3n) is 3.29. The van der Waals surface area contributed by atoms with E-state index in [0.29, 0.717) is 0 Å². The zero-order valence-corrected chi connectivity index (χ0v) is 12.2. The number of primary amides is 1. The molecule has 0 fully saturated rings. The van der Waals surface area contributed by atoms with Crippen LogP contribution in [0, 0.1) is 5.41 Å². The summed E-state index contributed by atoms with van der Waals surface area (Å²) in [5, 5.41) is 0. The maximum atomic E-state index is 11.0. The van der Waals surface area contributed by atoms with Crippen LogP contribution in [0.15, 0.2) is 16.6 Å². The average molecular weight is 314 g/mol. The Balaban J connectivity index is 2.48. The highest BCUT2D eigenvalue weighted by Gasteiger charge is 2.42. The highest BCUT2D eigenvalue weighted by Crippen LogP contribution is 2.49. The maximum absolute atomic E-state index is 11.0. The molecule has 1 unspecified atom stereocenters. The Kier molecular flexibility index (Phi) is 3.27. The van der Waals surface area contributed by atoms with E-state index >= 15 is 0 Å². The van der Waals surface area contributed by atoms with Crippen molar-refractivity contribution in [2.75, 3.05) is 7.11 Å². The molecule has 0 aliphatic heterocycles. The van der Waals surface area contributed by atoms with Crippen molar-refractivity contribution in [3.05, 3.63) is 27.7 Å². The van der Waals surface area contributed by atoms with Gasteiger partial charge >= 0.3 is 6.09 Å². The Hall–Kier alpha value is -1.23. The number of halogens is 1. The molecule has 2 N–H and O–H groups in total. The van der Waals surface area contributed by atoms with Crippen molar-refractivity contribution in [2.45, 2.75) is 26.4 Å². The van der Waals surface area contributed by atoms with E-state index in [1.54, 1.807) is 7.11 Å². The molecule has 1 aliphatic rings. The van der Waals surface area contributed by atoms with Crippen LogP contribution in [0.3, 0.4) is 0 Å². The number of methoxy groups -OCH3 is 1. The number of carbonyl (C=O) groups excluding carboxylic acids is 1. The molecule has 0 saturated heterocycles. The molecule has 18 heavy (non-hydrogen) atoms. The van der Waals surface area contributed by atoms with Gasteiger partial charge < -0.3 is 15.2 Å². The van der Waals surface area contributed by atoms with Crippen LogP contribution in [-0.4, -0.2) is 13.2 Å². The summed E-state index contributed by atoms with van der Waals surface area (Å²) in [5.74, 6) is 0.726. The van der Waals surface area contributed by atoms with Gasteiger partial charge in [-0.05, 0) is 40.0 Å². The first-order valence-corrected chi connectivity index (χ1v) is 6.47. The fourth-order valence-electron chi connectivity index (χ4n) is 2.51. The van der Waals surface area contributed by atoms with E-state index in [4.69, 9.17) is 15.2 Å². The van der Waals surface area contributed by atoms with E-state index in [0.717, 1.165) is 27.8 Å². The first kappa shape index (κ1) is 13.2. The van der Waals surface area contributed by atoms with Gasteiger partial charge in [-0.25, -0.2) is 4.79 Å². The number of nitrogens with two attached hydrogens (primary N) is 1. The van der Waals surface area contributed by atoms with Crippen molar-refractivity contribution in [2.24, 2.45) is 11.1 Å². The van der Waals surface area contributed by atoms with E-state index < -0.39 is 6.09 Å². The van der Waals surface area contributed by atoms with E-state index in [-0.39, 0.29) is 11.5 Å². The van der Waals surface area contributed by atoms with Crippen LogP contribution in [0.5, 0.6) is 5.75 Å². The Labute approximate surface area is 115 Å². The Morgan fingerprint density at radius 2 is 2.17 bits per heavy atom. The molecule has 5 heteroatoms. The lowest BCUT2D eigenvalue weighted by Crippen LogP contribution is -2.25. The van der Waals surface area contributed by atoms with E-state index in [2.05, 4.69) is 29.8 Å². The predicted molar refractivity (Wildman–Crippen MR) is 71.6 cm³/mol. The summed E-state index contributed by atoms with van der Waals surface area (Å²) in [6, 6.07) is 3.92. The van der Waals surface area contributed by atoms with Crippen molar-refractivity contribution in [1.82, 2.24) is 0 Å². The standard InChI is InChI=1S/C13H16BrNO3/c1-13(2)6-7-4-9(14)10(17-3)5-8(7)11(13)18-12(15)16/h4-5,11H,6H2,1-3H3,(H2,15,16). The number of ether oxygens (including phenoxy) is 2. The molecular formula is C13H16BrNO3. The van der Waals surface area contributed by atoms with E-state index in [1.807, 2.05) is 12.1 Å². The number of benzene rings is 1. The fraction of sp³-hybridized carbons (Fsp3) is 0.462. The lowest BCUT2D eigenvalue weighted by atomic mass is 9.87.